The van der Waals surface area contributed by atoms with E-state index in [1.165, 1.54) is 0 Å². The van der Waals surface area contributed by atoms with Crippen molar-refractivity contribution in [2.24, 2.45) is 0 Å². The van der Waals surface area contributed by atoms with Crippen molar-refractivity contribution < 1.29 is 18.1 Å². The first-order valence-electron chi connectivity index (χ1n) is 21.6. The number of para-hydroxylation sites is 5. The maximum Gasteiger partial charge on any atom is 0.143 e. The molecule has 3 heteroatoms. The predicted molar refractivity (Wildman–Crippen MR) is 213 cm³/mol. The summed E-state index contributed by atoms with van der Waals surface area (Å²) >= 11 is 0. The van der Waals surface area contributed by atoms with Crippen LogP contribution in [0.2, 0.25) is 0 Å². The van der Waals surface area contributed by atoms with Gasteiger partial charge in [0.15, 0.2) is 0 Å². The standard InChI is InChI=1S/C48H30N2O/c1-2-16-34(17-3-1)49-43-25-8-5-21-41(43)46-44(49)28-27-39-37-19-4-7-24-42(37)50(47(39)46)35-18-11-14-32(30-35)31-13-10-15-33(29-31)36-22-12-23-40-38-20-6-9-26-45(38)51-48(36)40/h1-30H/i4D,5D,7D,8D,19D,21D,24D,25D,27D,28D. The summed E-state index contributed by atoms with van der Waals surface area (Å²) in [7, 11) is 0. The largest absolute Gasteiger partial charge is 0.455 e. The van der Waals surface area contributed by atoms with Crippen LogP contribution in [-0.2, 0) is 0 Å². The Hall–Kier alpha value is -6.84. The summed E-state index contributed by atoms with van der Waals surface area (Å²) in [6, 6.07) is 34.5. The summed E-state index contributed by atoms with van der Waals surface area (Å²) in [5.74, 6) is 0. The zero-order chi connectivity index (χ0) is 42.2. The Bertz CT molecular complexity index is 3720. The average Bonchev–Trinajstić information content (AvgIpc) is 3.97. The Morgan fingerprint density at radius 3 is 1.98 bits per heavy atom. The maximum atomic E-state index is 9.58. The number of hydrogen-bond donors (Lipinski definition) is 0. The maximum absolute atomic E-state index is 9.58. The van der Waals surface area contributed by atoms with Crippen LogP contribution in [0, 0.1) is 0 Å². The lowest BCUT2D eigenvalue weighted by Crippen LogP contribution is -1.96. The minimum atomic E-state index is -0.499. The fourth-order valence-corrected chi connectivity index (χ4v) is 7.58. The minimum Gasteiger partial charge on any atom is -0.455 e. The zero-order valence-corrected chi connectivity index (χ0v) is 26.8. The van der Waals surface area contributed by atoms with Gasteiger partial charge in [0.2, 0.25) is 0 Å². The average molecular weight is 661 g/mol. The molecule has 0 atom stereocenters. The summed E-state index contributed by atoms with van der Waals surface area (Å²) in [5.41, 5.74) is 6.57. The van der Waals surface area contributed by atoms with Gasteiger partial charge in [0.25, 0.3) is 0 Å². The quantitative estimate of drug-likeness (QED) is 0.184. The second-order valence-corrected chi connectivity index (χ2v) is 12.6. The van der Waals surface area contributed by atoms with Gasteiger partial charge in [0.05, 0.1) is 35.8 Å². The van der Waals surface area contributed by atoms with Crippen molar-refractivity contribution in [2.45, 2.75) is 0 Å². The van der Waals surface area contributed by atoms with Crippen LogP contribution >= 0.6 is 0 Å². The molecule has 0 aliphatic carbocycles. The van der Waals surface area contributed by atoms with E-state index in [0.29, 0.717) is 11.4 Å². The van der Waals surface area contributed by atoms with Gasteiger partial charge in [-0.2, -0.15) is 0 Å². The molecule has 0 aliphatic heterocycles. The first-order valence-corrected chi connectivity index (χ1v) is 16.6. The summed E-state index contributed by atoms with van der Waals surface area (Å²) < 4.78 is 101. The van der Waals surface area contributed by atoms with Crippen LogP contribution in [0.25, 0.3) is 99.2 Å². The van der Waals surface area contributed by atoms with E-state index in [1.54, 1.807) is 39.5 Å². The Balaban J connectivity index is 1.26. The van der Waals surface area contributed by atoms with E-state index in [9.17, 15) is 6.85 Å². The van der Waals surface area contributed by atoms with Gasteiger partial charge in [-0.3, -0.25) is 0 Å². The molecular formula is C48H30N2O. The molecule has 0 amide bonds. The molecule has 0 saturated heterocycles. The summed E-state index contributed by atoms with van der Waals surface area (Å²) in [6.45, 7) is 0. The summed E-state index contributed by atoms with van der Waals surface area (Å²) in [4.78, 5) is 0. The number of benzene rings is 8. The molecule has 0 bridgehead atoms. The van der Waals surface area contributed by atoms with E-state index in [0.717, 1.165) is 44.2 Å². The number of fused-ring (bicyclic) bond motifs is 10. The third-order valence-electron chi connectivity index (χ3n) is 9.78. The van der Waals surface area contributed by atoms with E-state index < -0.39 is 24.2 Å². The summed E-state index contributed by atoms with van der Waals surface area (Å²) in [6.07, 6.45) is 0. The molecule has 11 aromatic rings. The van der Waals surface area contributed by atoms with Crippen molar-refractivity contribution in [2.75, 3.05) is 0 Å². The zero-order valence-electron chi connectivity index (χ0n) is 36.8. The molecular weight excluding hydrogens is 621 g/mol. The number of rotatable bonds is 4. The number of nitrogens with zero attached hydrogens (tertiary/aromatic N) is 2. The molecule has 11 rings (SSSR count). The van der Waals surface area contributed by atoms with Crippen molar-refractivity contribution in [1.82, 2.24) is 9.13 Å². The molecule has 238 valence electrons. The third-order valence-corrected chi connectivity index (χ3v) is 9.78. The minimum absolute atomic E-state index is 0.0363. The monoisotopic (exact) mass is 660 g/mol. The molecule has 3 aromatic heterocycles. The van der Waals surface area contributed by atoms with Crippen molar-refractivity contribution in [1.29, 1.82) is 0 Å². The number of furan rings is 1. The molecule has 51 heavy (non-hydrogen) atoms. The fraction of sp³-hybridized carbons (Fsp3) is 0. The Labute approximate surface area is 307 Å². The lowest BCUT2D eigenvalue weighted by Gasteiger charge is -2.12. The smallest absolute Gasteiger partial charge is 0.143 e. The lowest BCUT2D eigenvalue weighted by atomic mass is 9.97. The van der Waals surface area contributed by atoms with Gasteiger partial charge in [-0.25, -0.2) is 0 Å². The van der Waals surface area contributed by atoms with Gasteiger partial charge in [-0.1, -0.05) is 127 Å². The van der Waals surface area contributed by atoms with E-state index in [2.05, 4.69) is 6.07 Å². The molecule has 0 unspecified atom stereocenters. The lowest BCUT2D eigenvalue weighted by molar-refractivity contribution is 0.670. The molecule has 3 heterocycles. The van der Waals surface area contributed by atoms with Gasteiger partial charge >= 0.3 is 0 Å². The molecule has 0 fully saturated rings. The van der Waals surface area contributed by atoms with Gasteiger partial charge in [0, 0.05) is 49.3 Å². The van der Waals surface area contributed by atoms with Crippen LogP contribution in [0.1, 0.15) is 13.7 Å². The van der Waals surface area contributed by atoms with Crippen LogP contribution in [0.15, 0.2) is 186 Å². The van der Waals surface area contributed by atoms with E-state index >= 15 is 0 Å². The Kier molecular flexibility index (Phi) is 4.24. The van der Waals surface area contributed by atoms with Gasteiger partial charge in [0.1, 0.15) is 11.2 Å². The molecule has 0 N–H and O–H groups in total. The van der Waals surface area contributed by atoms with Crippen LogP contribution < -0.4 is 0 Å². The van der Waals surface area contributed by atoms with Gasteiger partial charge < -0.3 is 13.6 Å². The van der Waals surface area contributed by atoms with Crippen molar-refractivity contribution in [3.63, 3.8) is 0 Å². The van der Waals surface area contributed by atoms with Crippen LogP contribution in [0.3, 0.4) is 0 Å². The molecule has 0 saturated carbocycles. The summed E-state index contributed by atoms with van der Waals surface area (Å²) in [5, 5.41) is 2.47. The fourth-order valence-electron chi connectivity index (χ4n) is 7.58. The highest BCUT2D eigenvalue weighted by molar-refractivity contribution is 6.26. The van der Waals surface area contributed by atoms with Crippen molar-refractivity contribution in [3.8, 4) is 33.6 Å². The van der Waals surface area contributed by atoms with E-state index in [-0.39, 0.29) is 79.9 Å². The molecule has 3 nitrogen and oxygen atoms in total. The van der Waals surface area contributed by atoms with E-state index in [4.69, 9.17) is 11.3 Å². The Morgan fingerprint density at radius 1 is 0.431 bits per heavy atom. The van der Waals surface area contributed by atoms with Gasteiger partial charge in [-0.05, 0) is 71.2 Å². The predicted octanol–water partition coefficient (Wildman–Crippen LogP) is 13.1. The molecule has 0 spiro atoms. The van der Waals surface area contributed by atoms with E-state index in [1.807, 2.05) is 84.9 Å². The van der Waals surface area contributed by atoms with Crippen molar-refractivity contribution in [3.05, 3.63) is 182 Å². The highest BCUT2D eigenvalue weighted by Crippen LogP contribution is 2.43. The molecule has 0 aliphatic rings. The van der Waals surface area contributed by atoms with Crippen LogP contribution in [0.4, 0.5) is 0 Å². The second kappa shape index (κ2) is 10.8. The second-order valence-electron chi connectivity index (χ2n) is 12.6. The first kappa shape index (κ1) is 20.0. The van der Waals surface area contributed by atoms with Gasteiger partial charge in [-0.15, -0.1) is 0 Å². The van der Waals surface area contributed by atoms with Crippen molar-refractivity contribution >= 4 is 65.6 Å². The highest BCUT2D eigenvalue weighted by Gasteiger charge is 2.21. The first-order chi connectivity index (χ1) is 29.5. The normalized spacial score (nSPS) is 14.7. The third kappa shape index (κ3) is 4.12. The number of hydrogen-bond acceptors (Lipinski definition) is 1. The number of aromatic nitrogens is 2. The van der Waals surface area contributed by atoms with Crippen LogP contribution in [-0.4, -0.2) is 9.13 Å². The SMILES string of the molecule is [2H]c1c([2H])c([2H])c2c(c1[2H])c1c(c([2H])c([2H])c3c4c([2H])c([2H])c([2H])c([2H])c4n(-c4cccc(-c5cccc(-c6cccc7c6oc6ccccc67)c5)c4)c31)n2-c1ccccc1. The topological polar surface area (TPSA) is 23.0 Å². The highest BCUT2D eigenvalue weighted by atomic mass is 16.3. The molecule has 8 aromatic carbocycles. The Morgan fingerprint density at radius 2 is 1.10 bits per heavy atom. The van der Waals surface area contributed by atoms with Crippen LogP contribution in [0.5, 0.6) is 0 Å². The molecule has 0 radical (unpaired) electrons.